The third-order valence-corrected chi connectivity index (χ3v) is 4.72. The van der Waals surface area contributed by atoms with Crippen molar-refractivity contribution in [2.75, 3.05) is 26.6 Å². The molecule has 30 heavy (non-hydrogen) atoms. The normalized spacial score (nSPS) is 13.0. The second-order valence-electron chi connectivity index (χ2n) is 7.36. The number of fused-ring (bicyclic) bond motifs is 1. The SMILES string of the molecule is Cc1ccc(C)c(OCCCCC(=O)NCC(O)COc2ccc3c(c2)OCO3)c1. The fourth-order valence-corrected chi connectivity index (χ4v) is 2.97. The molecule has 1 atom stereocenters. The second kappa shape index (κ2) is 10.7. The zero-order valence-electron chi connectivity index (χ0n) is 17.5. The molecule has 1 unspecified atom stereocenters. The predicted molar refractivity (Wildman–Crippen MR) is 112 cm³/mol. The second-order valence-corrected chi connectivity index (χ2v) is 7.36. The number of aryl methyl sites for hydroxylation is 2. The highest BCUT2D eigenvalue weighted by molar-refractivity contribution is 5.75. The Morgan fingerprint density at radius 1 is 1.10 bits per heavy atom. The van der Waals surface area contributed by atoms with Crippen LogP contribution in [-0.4, -0.2) is 43.7 Å². The van der Waals surface area contributed by atoms with Gasteiger partial charge in [-0.25, -0.2) is 0 Å². The van der Waals surface area contributed by atoms with E-state index in [1.54, 1.807) is 18.2 Å². The van der Waals surface area contributed by atoms with Crippen molar-refractivity contribution in [2.45, 2.75) is 39.2 Å². The van der Waals surface area contributed by atoms with Crippen LogP contribution in [0.1, 0.15) is 30.4 Å². The van der Waals surface area contributed by atoms with E-state index >= 15 is 0 Å². The molecule has 0 aromatic heterocycles. The zero-order chi connectivity index (χ0) is 21.3. The molecule has 0 saturated carbocycles. The first-order valence-corrected chi connectivity index (χ1v) is 10.2. The number of nitrogens with one attached hydrogen (secondary N) is 1. The summed E-state index contributed by atoms with van der Waals surface area (Å²) in [6.07, 6.45) is 1.11. The van der Waals surface area contributed by atoms with Crippen LogP contribution in [0.25, 0.3) is 0 Å². The number of hydrogen-bond donors (Lipinski definition) is 2. The number of carbonyl (C=O) groups excluding carboxylic acids is 1. The van der Waals surface area contributed by atoms with Crippen molar-refractivity contribution < 1.29 is 28.8 Å². The minimum absolute atomic E-state index is 0.0730. The maximum Gasteiger partial charge on any atom is 0.231 e. The van der Waals surface area contributed by atoms with Gasteiger partial charge in [-0.3, -0.25) is 4.79 Å². The lowest BCUT2D eigenvalue weighted by Crippen LogP contribution is -2.35. The maximum atomic E-state index is 11.9. The van der Waals surface area contributed by atoms with E-state index < -0.39 is 6.10 Å². The van der Waals surface area contributed by atoms with E-state index in [9.17, 15) is 9.90 Å². The van der Waals surface area contributed by atoms with Gasteiger partial charge in [0, 0.05) is 19.0 Å². The Balaban J connectivity index is 1.25. The fourth-order valence-electron chi connectivity index (χ4n) is 2.97. The van der Waals surface area contributed by atoms with Crippen molar-refractivity contribution in [1.29, 1.82) is 0 Å². The van der Waals surface area contributed by atoms with E-state index in [2.05, 4.69) is 11.4 Å². The smallest absolute Gasteiger partial charge is 0.231 e. The Morgan fingerprint density at radius 3 is 2.80 bits per heavy atom. The minimum Gasteiger partial charge on any atom is -0.493 e. The number of rotatable bonds is 11. The van der Waals surface area contributed by atoms with Crippen LogP contribution in [-0.2, 0) is 4.79 Å². The van der Waals surface area contributed by atoms with Crippen molar-refractivity contribution in [2.24, 2.45) is 0 Å². The lowest BCUT2D eigenvalue weighted by atomic mass is 10.1. The molecular weight excluding hydrogens is 386 g/mol. The van der Waals surface area contributed by atoms with Crippen LogP contribution in [0.4, 0.5) is 0 Å². The van der Waals surface area contributed by atoms with Gasteiger partial charge < -0.3 is 29.4 Å². The number of benzene rings is 2. The number of hydrogen-bond acceptors (Lipinski definition) is 6. The van der Waals surface area contributed by atoms with Crippen molar-refractivity contribution in [3.8, 4) is 23.0 Å². The molecule has 2 aromatic rings. The van der Waals surface area contributed by atoms with Gasteiger partial charge in [-0.2, -0.15) is 0 Å². The first kappa shape index (κ1) is 21.8. The lowest BCUT2D eigenvalue weighted by Gasteiger charge is -2.14. The molecule has 0 fully saturated rings. The monoisotopic (exact) mass is 415 g/mol. The summed E-state index contributed by atoms with van der Waals surface area (Å²) in [5, 5.41) is 12.8. The summed E-state index contributed by atoms with van der Waals surface area (Å²) in [4.78, 5) is 11.9. The molecule has 2 aromatic carbocycles. The topological polar surface area (TPSA) is 86.3 Å². The minimum atomic E-state index is -0.799. The summed E-state index contributed by atoms with van der Waals surface area (Å²) in [7, 11) is 0. The van der Waals surface area contributed by atoms with Crippen molar-refractivity contribution in [3.05, 3.63) is 47.5 Å². The van der Waals surface area contributed by atoms with E-state index in [1.807, 2.05) is 26.0 Å². The average Bonchev–Trinajstić information content (AvgIpc) is 3.20. The molecule has 0 saturated heterocycles. The Labute approximate surface area is 176 Å². The molecule has 7 nitrogen and oxygen atoms in total. The summed E-state index contributed by atoms with van der Waals surface area (Å²) >= 11 is 0. The van der Waals surface area contributed by atoms with Crippen LogP contribution in [0, 0.1) is 13.8 Å². The number of aliphatic hydroxyl groups excluding tert-OH is 1. The predicted octanol–water partition coefficient (Wildman–Crippen LogP) is 3.14. The average molecular weight is 415 g/mol. The van der Waals surface area contributed by atoms with E-state index in [0.717, 1.165) is 29.7 Å². The van der Waals surface area contributed by atoms with Gasteiger partial charge >= 0.3 is 0 Å². The molecule has 1 aliphatic heterocycles. The van der Waals surface area contributed by atoms with Crippen LogP contribution in [0.3, 0.4) is 0 Å². The molecular formula is C23H29NO6. The molecule has 2 N–H and O–H groups in total. The standard InChI is InChI=1S/C23H29NO6/c1-16-6-7-17(2)21(11-16)27-10-4-3-5-23(26)24-13-18(25)14-28-19-8-9-20-22(12-19)30-15-29-20/h6-9,11-12,18,25H,3-5,10,13-15H2,1-2H3,(H,24,26). The highest BCUT2D eigenvalue weighted by atomic mass is 16.7. The first-order valence-electron chi connectivity index (χ1n) is 10.2. The van der Waals surface area contributed by atoms with Gasteiger partial charge in [-0.1, -0.05) is 12.1 Å². The summed E-state index contributed by atoms with van der Waals surface area (Å²) in [6.45, 7) is 5.04. The fraction of sp³-hybridized carbons (Fsp3) is 0.435. The van der Waals surface area contributed by atoms with E-state index in [1.165, 1.54) is 0 Å². The first-order chi connectivity index (χ1) is 14.5. The van der Waals surface area contributed by atoms with Crippen LogP contribution >= 0.6 is 0 Å². The molecule has 0 radical (unpaired) electrons. The van der Waals surface area contributed by atoms with E-state index in [-0.39, 0.29) is 25.9 Å². The van der Waals surface area contributed by atoms with E-state index in [4.69, 9.17) is 18.9 Å². The van der Waals surface area contributed by atoms with Gasteiger partial charge in [-0.15, -0.1) is 0 Å². The highest BCUT2D eigenvalue weighted by Crippen LogP contribution is 2.35. The van der Waals surface area contributed by atoms with Crippen molar-refractivity contribution in [3.63, 3.8) is 0 Å². The van der Waals surface area contributed by atoms with Gasteiger partial charge in [-0.05, 0) is 56.0 Å². The van der Waals surface area contributed by atoms with Crippen molar-refractivity contribution in [1.82, 2.24) is 5.32 Å². The van der Waals surface area contributed by atoms with Crippen LogP contribution in [0.15, 0.2) is 36.4 Å². The van der Waals surface area contributed by atoms with E-state index in [0.29, 0.717) is 30.3 Å². The lowest BCUT2D eigenvalue weighted by molar-refractivity contribution is -0.121. The van der Waals surface area contributed by atoms with Gasteiger partial charge in [0.1, 0.15) is 24.2 Å². The van der Waals surface area contributed by atoms with Crippen LogP contribution in [0.5, 0.6) is 23.0 Å². The molecule has 0 aliphatic carbocycles. The summed E-state index contributed by atoms with van der Waals surface area (Å²) in [6, 6.07) is 11.3. The Hall–Kier alpha value is -2.93. The number of ether oxygens (including phenoxy) is 4. The maximum absolute atomic E-state index is 11.9. The summed E-state index contributed by atoms with van der Waals surface area (Å²) in [5.41, 5.74) is 2.27. The zero-order valence-corrected chi connectivity index (χ0v) is 17.5. The molecule has 162 valence electrons. The molecule has 0 spiro atoms. The van der Waals surface area contributed by atoms with Gasteiger partial charge in [0.25, 0.3) is 0 Å². The molecule has 7 heteroatoms. The molecule has 3 rings (SSSR count). The van der Waals surface area contributed by atoms with Gasteiger partial charge in [0.15, 0.2) is 11.5 Å². The molecule has 1 amide bonds. The quantitative estimate of drug-likeness (QED) is 0.549. The Kier molecular flexibility index (Phi) is 7.79. The summed E-state index contributed by atoms with van der Waals surface area (Å²) < 4.78 is 21.9. The third-order valence-electron chi connectivity index (χ3n) is 4.72. The number of unbranched alkanes of at least 4 members (excludes halogenated alkanes) is 1. The van der Waals surface area contributed by atoms with Crippen molar-refractivity contribution >= 4 is 5.91 Å². The summed E-state index contributed by atoms with van der Waals surface area (Å²) in [5.74, 6) is 2.67. The largest absolute Gasteiger partial charge is 0.493 e. The Bertz CT molecular complexity index is 854. The number of carbonyl (C=O) groups is 1. The van der Waals surface area contributed by atoms with Gasteiger partial charge in [0.2, 0.25) is 12.7 Å². The number of amides is 1. The molecule has 0 bridgehead atoms. The Morgan fingerprint density at radius 2 is 1.93 bits per heavy atom. The van der Waals surface area contributed by atoms with Gasteiger partial charge in [0.05, 0.1) is 6.61 Å². The highest BCUT2D eigenvalue weighted by Gasteiger charge is 2.14. The third kappa shape index (κ3) is 6.56. The van der Waals surface area contributed by atoms with Crippen LogP contribution in [0.2, 0.25) is 0 Å². The van der Waals surface area contributed by atoms with Crippen LogP contribution < -0.4 is 24.3 Å². The molecule has 1 heterocycles. The number of aliphatic hydroxyl groups is 1. The molecule has 1 aliphatic rings.